The SMILES string of the molecule is Cc1ccc2cc3cc4cc(-c5ns[s+]n5)ccc4cc3cc2c1. The van der Waals surface area contributed by atoms with E-state index < -0.39 is 0 Å². The lowest BCUT2D eigenvalue weighted by Gasteiger charge is -2.06. The van der Waals surface area contributed by atoms with E-state index in [0.29, 0.717) is 0 Å². The lowest BCUT2D eigenvalue weighted by Crippen LogP contribution is -1.83. The Labute approximate surface area is 146 Å². The standard InChI is InChI=1S/C20H13N2S2/c1-12-2-3-13-7-19-11-17-9-15(20-21-23-24-22-20)5-4-14(17)8-18(19)10-16(13)6-12/h2-11H,1H3/q+1. The van der Waals surface area contributed by atoms with E-state index in [2.05, 4.69) is 76.3 Å². The van der Waals surface area contributed by atoms with Crippen LogP contribution in [0, 0.1) is 6.92 Å². The molecule has 0 fully saturated rings. The zero-order valence-electron chi connectivity index (χ0n) is 13.0. The van der Waals surface area contributed by atoms with Gasteiger partial charge in [0.15, 0.2) is 0 Å². The molecule has 0 radical (unpaired) electrons. The number of aromatic nitrogens is 2. The van der Waals surface area contributed by atoms with E-state index in [1.165, 1.54) is 59.0 Å². The van der Waals surface area contributed by atoms with Gasteiger partial charge < -0.3 is 0 Å². The predicted octanol–water partition coefficient (Wildman–Crippen LogP) is 6.32. The number of hydrogen-bond donors (Lipinski definition) is 0. The van der Waals surface area contributed by atoms with E-state index in [4.69, 9.17) is 0 Å². The van der Waals surface area contributed by atoms with Gasteiger partial charge in [0.25, 0.3) is 0 Å². The van der Waals surface area contributed by atoms with E-state index in [-0.39, 0.29) is 0 Å². The van der Waals surface area contributed by atoms with E-state index in [1.807, 2.05) is 0 Å². The Morgan fingerprint density at radius 1 is 0.708 bits per heavy atom. The van der Waals surface area contributed by atoms with Gasteiger partial charge in [0.2, 0.25) is 5.82 Å². The van der Waals surface area contributed by atoms with Gasteiger partial charge in [-0.3, -0.25) is 0 Å². The minimum absolute atomic E-state index is 0.820. The number of rotatable bonds is 1. The van der Waals surface area contributed by atoms with Gasteiger partial charge in [-0.1, -0.05) is 35.9 Å². The van der Waals surface area contributed by atoms with Gasteiger partial charge in [0.1, 0.15) is 0 Å². The second-order valence-corrected chi connectivity index (χ2v) is 7.68. The lowest BCUT2D eigenvalue weighted by molar-refractivity contribution is 1.39. The minimum atomic E-state index is 0.820. The average Bonchev–Trinajstić information content (AvgIpc) is 3.12. The Balaban J connectivity index is 1.78. The zero-order valence-corrected chi connectivity index (χ0v) is 14.6. The molecule has 4 heteroatoms. The first-order chi connectivity index (χ1) is 11.8. The first kappa shape index (κ1) is 14.0. The summed E-state index contributed by atoms with van der Waals surface area (Å²) in [6, 6.07) is 22.2. The molecule has 0 unspecified atom stereocenters. The Bertz CT molecular complexity index is 1210. The second kappa shape index (κ2) is 5.30. The molecule has 0 aliphatic rings. The highest BCUT2D eigenvalue weighted by Gasteiger charge is 2.10. The van der Waals surface area contributed by atoms with Gasteiger partial charge in [-0.15, -0.1) is 4.37 Å². The molecule has 4 aromatic carbocycles. The van der Waals surface area contributed by atoms with Crippen LogP contribution >= 0.6 is 21.1 Å². The maximum atomic E-state index is 4.35. The van der Waals surface area contributed by atoms with Crippen molar-refractivity contribution in [1.29, 1.82) is 0 Å². The van der Waals surface area contributed by atoms with E-state index >= 15 is 0 Å². The van der Waals surface area contributed by atoms with Gasteiger partial charge in [-0.25, -0.2) is 0 Å². The van der Waals surface area contributed by atoms with Crippen LogP contribution in [0.4, 0.5) is 0 Å². The van der Waals surface area contributed by atoms with Crippen LogP contribution in [0.1, 0.15) is 5.56 Å². The zero-order chi connectivity index (χ0) is 16.1. The third-order valence-corrected chi connectivity index (χ3v) is 5.65. The van der Waals surface area contributed by atoms with Crippen LogP contribution in [0.5, 0.6) is 0 Å². The molecule has 0 amide bonds. The molecule has 0 aliphatic heterocycles. The van der Waals surface area contributed by atoms with E-state index in [0.717, 1.165) is 11.4 Å². The number of nitrogens with zero attached hydrogens (tertiary/aromatic N) is 2. The normalized spacial score (nSPS) is 11.5. The molecule has 0 saturated carbocycles. The predicted molar refractivity (Wildman–Crippen MR) is 105 cm³/mol. The van der Waals surface area contributed by atoms with Crippen LogP contribution in [0.2, 0.25) is 0 Å². The van der Waals surface area contributed by atoms with Gasteiger partial charge in [-0.2, -0.15) is 0 Å². The number of fused-ring (bicyclic) bond motifs is 3. The van der Waals surface area contributed by atoms with Crippen LogP contribution in [-0.4, -0.2) is 8.75 Å². The monoisotopic (exact) mass is 345 g/mol. The number of aryl methyl sites for hydroxylation is 1. The molecule has 2 nitrogen and oxygen atoms in total. The lowest BCUT2D eigenvalue weighted by atomic mass is 9.98. The van der Waals surface area contributed by atoms with Gasteiger partial charge >= 0.3 is 21.1 Å². The van der Waals surface area contributed by atoms with Crippen LogP contribution in [-0.2, 0) is 0 Å². The highest BCUT2D eigenvalue weighted by atomic mass is 32.9. The Morgan fingerprint density at radius 2 is 1.33 bits per heavy atom. The highest BCUT2D eigenvalue weighted by Crippen LogP contribution is 2.30. The third-order valence-electron chi connectivity index (χ3n) is 4.45. The van der Waals surface area contributed by atoms with Crippen molar-refractivity contribution < 1.29 is 0 Å². The van der Waals surface area contributed by atoms with Crippen molar-refractivity contribution in [1.82, 2.24) is 8.75 Å². The molecule has 0 bridgehead atoms. The molecule has 0 N–H and O–H groups in total. The van der Waals surface area contributed by atoms with Crippen LogP contribution < -0.4 is 0 Å². The fourth-order valence-electron chi connectivity index (χ4n) is 3.23. The molecule has 5 rings (SSSR count). The first-order valence-electron chi connectivity index (χ1n) is 7.76. The summed E-state index contributed by atoms with van der Waals surface area (Å²) in [5.41, 5.74) is 2.37. The van der Waals surface area contributed by atoms with Gasteiger partial charge in [-0.05, 0) is 69.6 Å². The maximum absolute atomic E-state index is 4.35. The number of hydrogen-bond acceptors (Lipinski definition) is 3. The summed E-state index contributed by atoms with van der Waals surface area (Å²) in [6.07, 6.45) is 0. The van der Waals surface area contributed by atoms with Crippen molar-refractivity contribution in [2.45, 2.75) is 6.92 Å². The van der Waals surface area contributed by atoms with Crippen molar-refractivity contribution in [3.63, 3.8) is 0 Å². The molecular formula is C20H13N2S2+. The summed E-state index contributed by atoms with van der Waals surface area (Å²) in [4.78, 5) is 0. The fraction of sp³-hybridized carbons (Fsp3) is 0.0500. The molecule has 5 aromatic rings. The Morgan fingerprint density at radius 3 is 2.04 bits per heavy atom. The number of benzene rings is 4. The quantitative estimate of drug-likeness (QED) is 0.202. The Hall–Kier alpha value is -2.43. The summed E-state index contributed by atoms with van der Waals surface area (Å²) in [5, 5.41) is 7.61. The molecule has 0 spiro atoms. The van der Waals surface area contributed by atoms with Crippen molar-refractivity contribution in [3.8, 4) is 11.4 Å². The van der Waals surface area contributed by atoms with Crippen LogP contribution in [0.15, 0.2) is 60.7 Å². The summed E-state index contributed by atoms with van der Waals surface area (Å²) in [6.45, 7) is 2.14. The molecule has 1 aromatic heterocycles. The minimum Gasteiger partial charge on any atom is -0.112 e. The van der Waals surface area contributed by atoms with E-state index in [9.17, 15) is 0 Å². The van der Waals surface area contributed by atoms with Crippen LogP contribution in [0.3, 0.4) is 0 Å². The van der Waals surface area contributed by atoms with Crippen molar-refractivity contribution in [2.24, 2.45) is 0 Å². The summed E-state index contributed by atoms with van der Waals surface area (Å²) in [7, 11) is 2.85. The van der Waals surface area contributed by atoms with Crippen molar-refractivity contribution >= 4 is 53.4 Å². The second-order valence-electron chi connectivity index (χ2n) is 6.12. The van der Waals surface area contributed by atoms with Gasteiger partial charge in [0.05, 0.1) is 4.37 Å². The Kier molecular flexibility index (Phi) is 3.08. The molecule has 24 heavy (non-hydrogen) atoms. The summed E-state index contributed by atoms with van der Waals surface area (Å²) >= 11 is 0. The molecule has 0 aliphatic carbocycles. The summed E-state index contributed by atoms with van der Waals surface area (Å²) < 4.78 is 8.71. The van der Waals surface area contributed by atoms with E-state index in [1.54, 1.807) is 0 Å². The van der Waals surface area contributed by atoms with Gasteiger partial charge in [0, 0.05) is 5.56 Å². The van der Waals surface area contributed by atoms with Crippen molar-refractivity contribution in [3.05, 3.63) is 66.2 Å². The molecular weight excluding hydrogens is 332 g/mol. The maximum Gasteiger partial charge on any atom is 0.462 e. The van der Waals surface area contributed by atoms with Crippen molar-refractivity contribution in [2.75, 3.05) is 0 Å². The molecule has 114 valence electrons. The highest BCUT2D eigenvalue weighted by molar-refractivity contribution is 7.64. The largest absolute Gasteiger partial charge is 0.462 e. The molecule has 0 atom stereocenters. The average molecular weight is 345 g/mol. The first-order valence-corrected chi connectivity index (χ1v) is 9.83. The van der Waals surface area contributed by atoms with Crippen LogP contribution in [0.25, 0.3) is 43.7 Å². The molecule has 0 saturated heterocycles. The smallest absolute Gasteiger partial charge is 0.112 e. The molecule has 1 heterocycles. The third kappa shape index (κ3) is 2.27. The topological polar surface area (TPSA) is 25.8 Å². The fourth-order valence-corrected chi connectivity index (χ4v) is 4.41. The summed E-state index contributed by atoms with van der Waals surface area (Å²) in [5.74, 6) is 0.820.